The van der Waals surface area contributed by atoms with Gasteiger partial charge in [-0.2, -0.15) is 13.5 Å². The Bertz CT molecular complexity index is 853. The molecule has 2 aliphatic rings. The molecule has 0 unspecified atom stereocenters. The Morgan fingerprint density at radius 3 is 2.46 bits per heavy atom. The van der Waals surface area contributed by atoms with E-state index in [1.54, 1.807) is 30.3 Å². The normalized spacial score (nSPS) is 21.0. The number of hydroxylamine groups is 2. The Labute approximate surface area is 182 Å². The van der Waals surface area contributed by atoms with Gasteiger partial charge in [0.25, 0.3) is 5.91 Å². The Morgan fingerprint density at radius 2 is 1.82 bits per heavy atom. The zero-order valence-corrected chi connectivity index (χ0v) is 14.7. The van der Waals surface area contributed by atoms with Gasteiger partial charge in [-0.05, 0) is 25.0 Å². The van der Waals surface area contributed by atoms with Gasteiger partial charge in [-0.15, -0.1) is 4.28 Å². The number of piperidine rings is 1. The van der Waals surface area contributed by atoms with Crippen LogP contribution in [-0.2, 0) is 19.5 Å². The van der Waals surface area contributed by atoms with Gasteiger partial charge in [0, 0.05) is 12.2 Å². The van der Waals surface area contributed by atoms with Crippen molar-refractivity contribution in [2.45, 2.75) is 24.9 Å². The summed E-state index contributed by atoms with van der Waals surface area (Å²) in [4.78, 5) is 37.4. The fourth-order valence-electron chi connectivity index (χ4n) is 2.99. The van der Waals surface area contributed by atoms with E-state index in [2.05, 4.69) is 20.5 Å². The summed E-state index contributed by atoms with van der Waals surface area (Å²) >= 11 is 0. The van der Waals surface area contributed by atoms with Crippen molar-refractivity contribution < 1.29 is 31.6 Å². The molecular weight excluding hydrogens is 405 g/mol. The minimum atomic E-state index is -4.86. The molecule has 0 saturated carbocycles. The van der Waals surface area contributed by atoms with E-state index >= 15 is 0 Å². The second-order valence-electron chi connectivity index (χ2n) is 5.94. The van der Waals surface area contributed by atoms with Gasteiger partial charge in [-0.25, -0.2) is 15.0 Å². The van der Waals surface area contributed by atoms with E-state index < -0.39 is 40.5 Å². The van der Waals surface area contributed by atoms with E-state index in [9.17, 15) is 22.8 Å². The van der Waals surface area contributed by atoms with Crippen molar-refractivity contribution in [1.82, 2.24) is 20.8 Å². The molecular formula is C14H18N5NaO7S. The van der Waals surface area contributed by atoms with Crippen molar-refractivity contribution in [3.05, 3.63) is 30.3 Å². The number of urea groups is 2. The summed E-state index contributed by atoms with van der Waals surface area (Å²) in [5.74, 6) is -0.640. The van der Waals surface area contributed by atoms with Crippen LogP contribution in [0.2, 0.25) is 0 Å². The third kappa shape index (κ3) is 5.33. The molecule has 2 bridgehead atoms. The molecule has 0 spiro atoms. The van der Waals surface area contributed by atoms with Crippen LogP contribution in [-0.4, -0.2) is 89.1 Å². The summed E-state index contributed by atoms with van der Waals surface area (Å²) in [6, 6.07) is 5.52. The van der Waals surface area contributed by atoms with Gasteiger partial charge in [0.15, 0.2) is 0 Å². The van der Waals surface area contributed by atoms with Gasteiger partial charge in [0.05, 0.1) is 6.04 Å². The number of carbonyl (C=O) groups is 3. The summed E-state index contributed by atoms with van der Waals surface area (Å²) < 4.78 is 34.7. The van der Waals surface area contributed by atoms with Gasteiger partial charge >= 0.3 is 52.0 Å². The van der Waals surface area contributed by atoms with Gasteiger partial charge in [-0.3, -0.25) is 14.8 Å². The minimum absolute atomic E-state index is 0. The number of para-hydroxylation sites is 1. The number of fused-ring (bicyclic) bond motifs is 2. The molecule has 2 aliphatic heterocycles. The van der Waals surface area contributed by atoms with Crippen LogP contribution in [0.15, 0.2) is 30.3 Å². The summed E-state index contributed by atoms with van der Waals surface area (Å²) in [7, 11) is -4.86. The van der Waals surface area contributed by atoms with Crippen LogP contribution in [0.1, 0.15) is 12.8 Å². The van der Waals surface area contributed by atoms with E-state index in [1.165, 1.54) is 0 Å². The summed E-state index contributed by atoms with van der Waals surface area (Å²) in [5, 5.41) is 3.05. The van der Waals surface area contributed by atoms with Crippen LogP contribution in [0.4, 0.5) is 15.3 Å². The number of anilines is 1. The van der Waals surface area contributed by atoms with Gasteiger partial charge in [0.1, 0.15) is 6.04 Å². The quantitative estimate of drug-likeness (QED) is 0.280. The Morgan fingerprint density at radius 1 is 1.14 bits per heavy atom. The molecule has 148 valence electrons. The van der Waals surface area contributed by atoms with Crippen molar-refractivity contribution >= 4 is 63.6 Å². The molecule has 0 aromatic heterocycles. The Kier molecular flexibility index (Phi) is 7.25. The van der Waals surface area contributed by atoms with Crippen molar-refractivity contribution in [1.29, 1.82) is 0 Å². The van der Waals surface area contributed by atoms with Crippen LogP contribution in [0, 0.1) is 0 Å². The fourth-order valence-corrected chi connectivity index (χ4v) is 3.38. The van der Waals surface area contributed by atoms with E-state index in [0.717, 1.165) is 4.90 Å². The SMILES string of the molecule is O=C(NNC(=O)[C@@H]1CC[C@@H]2CN1C(=O)N2OS(=O)(=O)O)Nc1ccccc1.[NaH]. The molecule has 2 atom stereocenters. The summed E-state index contributed by atoms with van der Waals surface area (Å²) in [5.41, 5.74) is 4.92. The van der Waals surface area contributed by atoms with Crippen molar-refractivity contribution in [3.8, 4) is 0 Å². The topological polar surface area (TPSA) is 157 Å². The Hall–Kier alpha value is -1.90. The molecule has 3 rings (SSSR count). The molecule has 4 N–H and O–H groups in total. The number of rotatable bonds is 4. The predicted octanol–water partition coefficient (Wildman–Crippen LogP) is -0.806. The molecule has 1 aromatic carbocycles. The van der Waals surface area contributed by atoms with E-state index in [4.69, 9.17) is 4.55 Å². The van der Waals surface area contributed by atoms with E-state index in [-0.39, 0.29) is 48.9 Å². The zero-order chi connectivity index (χ0) is 19.6. The van der Waals surface area contributed by atoms with Gasteiger partial charge in [-0.1, -0.05) is 18.2 Å². The monoisotopic (exact) mass is 423 g/mol. The Balaban J connectivity index is 0.00000280. The molecule has 2 heterocycles. The molecule has 2 fully saturated rings. The first kappa shape index (κ1) is 22.4. The van der Waals surface area contributed by atoms with Crippen LogP contribution in [0.25, 0.3) is 0 Å². The fraction of sp³-hybridized carbons (Fsp3) is 0.357. The van der Waals surface area contributed by atoms with Crippen molar-refractivity contribution in [2.75, 3.05) is 11.9 Å². The van der Waals surface area contributed by atoms with Gasteiger partial charge in [0.2, 0.25) is 0 Å². The molecule has 0 radical (unpaired) electrons. The van der Waals surface area contributed by atoms with Crippen LogP contribution in [0.3, 0.4) is 0 Å². The second-order valence-corrected chi connectivity index (χ2v) is 6.95. The summed E-state index contributed by atoms with van der Waals surface area (Å²) in [6.45, 7) is 0.0582. The standard InChI is InChI=1S/C14H17N5O7S.Na.H/c20-12(16-17-13(21)15-9-4-2-1-3-5-9)11-7-6-10-8-18(11)14(22)19(10)26-27(23,24)25;;/h1-5,10-11H,6-8H2,(H,16,20)(H2,15,17,21)(H,23,24,25);;/t10-,11+;;/m1../s1. The number of nitrogens with one attached hydrogen (secondary N) is 3. The first-order chi connectivity index (χ1) is 12.7. The molecule has 5 amide bonds. The van der Waals surface area contributed by atoms with Crippen LogP contribution < -0.4 is 16.2 Å². The predicted molar refractivity (Wildman–Crippen MR) is 97.3 cm³/mol. The first-order valence-corrected chi connectivity index (χ1v) is 9.30. The van der Waals surface area contributed by atoms with E-state index in [0.29, 0.717) is 10.8 Å². The third-order valence-corrected chi connectivity index (χ3v) is 4.48. The van der Waals surface area contributed by atoms with Crippen molar-refractivity contribution in [2.24, 2.45) is 0 Å². The molecule has 28 heavy (non-hydrogen) atoms. The number of nitrogens with zero attached hydrogens (tertiary/aromatic N) is 2. The van der Waals surface area contributed by atoms with E-state index in [1.807, 2.05) is 0 Å². The number of amides is 5. The van der Waals surface area contributed by atoms with Crippen LogP contribution in [0.5, 0.6) is 0 Å². The molecule has 1 aromatic rings. The average Bonchev–Trinajstić information content (AvgIpc) is 2.84. The number of hydrogen-bond acceptors (Lipinski definition) is 6. The summed E-state index contributed by atoms with van der Waals surface area (Å²) in [6.07, 6.45) is 0.515. The third-order valence-electron chi connectivity index (χ3n) is 4.13. The average molecular weight is 423 g/mol. The molecule has 2 saturated heterocycles. The molecule has 14 heteroatoms. The second kappa shape index (κ2) is 9.07. The number of hydrazine groups is 1. The number of hydrogen-bond donors (Lipinski definition) is 4. The van der Waals surface area contributed by atoms with Crippen molar-refractivity contribution in [3.63, 3.8) is 0 Å². The van der Waals surface area contributed by atoms with Gasteiger partial charge < -0.3 is 10.2 Å². The van der Waals surface area contributed by atoms with Crippen LogP contribution >= 0.6 is 0 Å². The first-order valence-electron chi connectivity index (χ1n) is 7.93. The number of carbonyl (C=O) groups excluding carboxylic acids is 3. The molecule has 12 nitrogen and oxygen atoms in total. The zero-order valence-electron chi connectivity index (χ0n) is 13.9. The maximum absolute atomic E-state index is 12.3. The maximum atomic E-state index is 12.3. The number of benzene rings is 1. The molecule has 0 aliphatic carbocycles.